The average Bonchev–Trinajstić information content (AvgIpc) is 3.63. The van der Waals surface area contributed by atoms with Crippen LogP contribution in [0.15, 0.2) is 42.5 Å². The summed E-state index contributed by atoms with van der Waals surface area (Å²) in [6.45, 7) is 21.5. The molecule has 8 heteroatoms. The molecule has 0 radical (unpaired) electrons. The highest BCUT2D eigenvalue weighted by Gasteiger charge is 2.70. The van der Waals surface area contributed by atoms with E-state index in [0.717, 1.165) is 37.7 Å². The van der Waals surface area contributed by atoms with Crippen LogP contribution in [0, 0.1) is 51.2 Å². The van der Waals surface area contributed by atoms with Gasteiger partial charge in [0.15, 0.2) is 9.84 Å². The lowest BCUT2D eigenvalue weighted by molar-refractivity contribution is -0.219. The van der Waals surface area contributed by atoms with Crippen LogP contribution in [0.5, 0.6) is 0 Å². The number of allylic oxidation sites excluding steroid dienone is 3. The smallest absolute Gasteiger partial charge is 0.335 e. The second-order valence-electron chi connectivity index (χ2n) is 19.5. The topological polar surface area (TPSA) is 113 Å². The van der Waals surface area contributed by atoms with Crippen molar-refractivity contribution in [2.75, 3.05) is 11.5 Å². The number of benzene rings is 1. The molecule has 5 fully saturated rings. The summed E-state index contributed by atoms with van der Waals surface area (Å²) in [7, 11) is -3.03. The van der Waals surface area contributed by atoms with Gasteiger partial charge in [-0.25, -0.2) is 13.2 Å². The minimum absolute atomic E-state index is 0.0359. The van der Waals surface area contributed by atoms with Crippen molar-refractivity contribution >= 4 is 27.3 Å². The Hall–Kier alpha value is -2.45. The molecule has 11 atom stereocenters. The van der Waals surface area contributed by atoms with Gasteiger partial charge in [0.25, 0.3) is 0 Å². The van der Waals surface area contributed by atoms with Gasteiger partial charge in [0.05, 0.1) is 23.1 Å². The van der Waals surface area contributed by atoms with Gasteiger partial charge < -0.3 is 15.7 Å². The monoisotopic (exact) mass is 732 g/mol. The quantitative estimate of drug-likeness (QED) is 0.231. The van der Waals surface area contributed by atoms with Crippen molar-refractivity contribution in [3.63, 3.8) is 0 Å². The molecule has 1 heterocycles. The fourth-order valence-electron chi connectivity index (χ4n) is 14.2. The van der Waals surface area contributed by atoms with Gasteiger partial charge in [-0.3, -0.25) is 4.79 Å². The maximum Gasteiger partial charge on any atom is 0.335 e. The van der Waals surface area contributed by atoms with E-state index in [1.807, 2.05) is 19.1 Å². The van der Waals surface area contributed by atoms with Crippen LogP contribution in [-0.2, 0) is 14.6 Å². The van der Waals surface area contributed by atoms with Crippen molar-refractivity contribution in [2.45, 2.75) is 137 Å². The van der Waals surface area contributed by atoms with Crippen molar-refractivity contribution in [2.24, 2.45) is 51.2 Å². The molecule has 3 N–H and O–H groups in total. The summed E-state index contributed by atoms with van der Waals surface area (Å²) in [4.78, 5) is 25.8. The summed E-state index contributed by atoms with van der Waals surface area (Å²) in [6.07, 6.45) is 13.7. The van der Waals surface area contributed by atoms with Gasteiger partial charge in [-0.1, -0.05) is 71.9 Å². The predicted molar refractivity (Wildman–Crippen MR) is 208 cm³/mol. The van der Waals surface area contributed by atoms with E-state index < -0.39 is 21.8 Å². The molecule has 5 unspecified atom stereocenters. The normalized spacial score (nSPS) is 42.1. The molecule has 0 aromatic heterocycles. The Labute approximate surface area is 313 Å². The molecular formula is C44H64N2O5S. The van der Waals surface area contributed by atoms with E-state index in [2.05, 4.69) is 64.8 Å². The summed E-state index contributed by atoms with van der Waals surface area (Å²) in [5.74, 6) is 1.83. The molecule has 6 aliphatic rings. The molecule has 1 saturated heterocycles. The van der Waals surface area contributed by atoms with Crippen molar-refractivity contribution < 1.29 is 23.1 Å². The van der Waals surface area contributed by atoms with Gasteiger partial charge in [0.1, 0.15) is 0 Å². The molecule has 1 aromatic rings. The number of carboxylic acid groups (broad SMARTS) is 1. The first-order valence-corrected chi connectivity index (χ1v) is 22.1. The van der Waals surface area contributed by atoms with Crippen LogP contribution in [0.3, 0.4) is 0 Å². The summed E-state index contributed by atoms with van der Waals surface area (Å²) < 4.78 is 24.4. The number of aromatic carboxylic acids is 1. The van der Waals surface area contributed by atoms with E-state index in [4.69, 9.17) is 0 Å². The van der Waals surface area contributed by atoms with Crippen LogP contribution in [0.1, 0.15) is 135 Å². The van der Waals surface area contributed by atoms with Crippen LogP contribution < -0.4 is 10.6 Å². The summed E-state index contributed by atoms with van der Waals surface area (Å²) in [5.41, 5.74) is 4.27. The van der Waals surface area contributed by atoms with Crippen LogP contribution in [0.4, 0.5) is 0 Å². The molecule has 5 aliphatic carbocycles. The number of fused-ring (bicyclic) bond motifs is 7. The zero-order valence-corrected chi connectivity index (χ0v) is 33.6. The Balaban J connectivity index is 1.17. The third-order valence-corrected chi connectivity index (χ3v) is 18.6. The van der Waals surface area contributed by atoms with E-state index in [1.165, 1.54) is 36.8 Å². The van der Waals surface area contributed by atoms with E-state index in [-0.39, 0.29) is 50.7 Å². The van der Waals surface area contributed by atoms with E-state index >= 15 is 0 Å². The second kappa shape index (κ2) is 12.8. The molecule has 286 valence electrons. The number of carboxylic acids is 1. The zero-order chi connectivity index (χ0) is 37.6. The van der Waals surface area contributed by atoms with Gasteiger partial charge in [-0.2, -0.15) is 0 Å². The third-order valence-electron chi connectivity index (χ3n) is 16.9. The Morgan fingerprint density at radius 3 is 2.25 bits per heavy atom. The lowest BCUT2D eigenvalue weighted by Crippen LogP contribution is -2.69. The predicted octanol–water partition coefficient (Wildman–Crippen LogP) is 8.46. The molecule has 4 saturated carbocycles. The van der Waals surface area contributed by atoms with E-state index in [9.17, 15) is 23.1 Å². The lowest BCUT2D eigenvalue weighted by atomic mass is 9.33. The minimum atomic E-state index is -3.03. The van der Waals surface area contributed by atoms with Gasteiger partial charge in [0, 0.05) is 11.6 Å². The maximum absolute atomic E-state index is 14.2. The molecule has 1 aromatic carbocycles. The first-order valence-electron chi connectivity index (χ1n) is 20.3. The van der Waals surface area contributed by atoms with Gasteiger partial charge in [-0.15, -0.1) is 0 Å². The number of hydrogen-bond acceptors (Lipinski definition) is 5. The molecule has 7 nitrogen and oxygen atoms in total. The average molecular weight is 733 g/mol. The van der Waals surface area contributed by atoms with Crippen LogP contribution in [0.2, 0.25) is 0 Å². The standard InChI is InChI=1S/C44H64N2O5S/c1-9-34(45-30-19-25-52(50,51)26-30)38(47)46-44-22-16-31(27(2)3)37(44)33-14-15-36-41(6)20-17-32(28-10-12-29(13-11-28)39(48)49)40(4,5)35(41)18-21-43(36,8)42(33,7)23-24-44/h10-13,17,30-31,33-37,45H,2,9,14-16,18-26H2,1,3-8H3,(H,46,47)(H,48,49)/t30?,31-,33+,34?,35?,36?,37?,41-,42+,43+,44-/m0/s1. The molecule has 1 amide bonds. The second-order valence-corrected chi connectivity index (χ2v) is 21.7. The third kappa shape index (κ3) is 5.69. The van der Waals surface area contributed by atoms with E-state index in [0.29, 0.717) is 48.0 Å². The SMILES string of the molecule is C=C(C)[C@@H]1CC[C@]2(NC(=O)C(CC)NC3CCS(=O)(=O)C3)CC[C@]3(C)[C@H](CCC4[C@@]5(C)CC=C(c6ccc(C(=O)O)cc6)C(C)(C)C5CC[C@]43C)C12. The number of sulfone groups is 1. The first kappa shape index (κ1) is 37.8. The summed E-state index contributed by atoms with van der Waals surface area (Å²) >= 11 is 0. The zero-order valence-electron chi connectivity index (χ0n) is 32.8. The number of carbonyl (C=O) groups excluding carboxylic acids is 1. The molecule has 1 aliphatic heterocycles. The highest BCUT2D eigenvalue weighted by molar-refractivity contribution is 7.91. The Bertz CT molecular complexity index is 1770. The minimum Gasteiger partial charge on any atom is -0.478 e. The number of hydrogen-bond donors (Lipinski definition) is 3. The Morgan fingerprint density at radius 2 is 1.63 bits per heavy atom. The van der Waals surface area contributed by atoms with Gasteiger partial charge in [0.2, 0.25) is 5.91 Å². The molecule has 0 bridgehead atoms. The fraction of sp³-hybridized carbons (Fsp3) is 0.727. The number of amides is 1. The number of carbonyl (C=O) groups is 2. The number of nitrogens with one attached hydrogen (secondary N) is 2. The molecule has 0 spiro atoms. The van der Waals surface area contributed by atoms with Crippen molar-refractivity contribution in [1.82, 2.24) is 10.6 Å². The Morgan fingerprint density at radius 1 is 0.923 bits per heavy atom. The number of rotatable bonds is 8. The maximum atomic E-state index is 14.2. The largest absolute Gasteiger partial charge is 0.478 e. The highest BCUT2D eigenvalue weighted by atomic mass is 32.2. The highest BCUT2D eigenvalue weighted by Crippen LogP contribution is 2.76. The van der Waals surface area contributed by atoms with Crippen LogP contribution in [-0.4, -0.2) is 54.5 Å². The molecular weight excluding hydrogens is 669 g/mol. The van der Waals surface area contributed by atoms with Crippen LogP contribution in [0.25, 0.3) is 5.57 Å². The summed E-state index contributed by atoms with van der Waals surface area (Å²) in [5, 5.41) is 16.7. The fourth-order valence-corrected chi connectivity index (χ4v) is 15.9. The van der Waals surface area contributed by atoms with E-state index in [1.54, 1.807) is 12.1 Å². The van der Waals surface area contributed by atoms with Crippen molar-refractivity contribution in [1.29, 1.82) is 0 Å². The summed E-state index contributed by atoms with van der Waals surface area (Å²) in [6, 6.07) is 6.95. The Kier molecular flexibility index (Phi) is 9.33. The molecule has 52 heavy (non-hydrogen) atoms. The van der Waals surface area contributed by atoms with Crippen molar-refractivity contribution in [3.05, 3.63) is 53.6 Å². The lowest BCUT2D eigenvalue weighted by Gasteiger charge is -2.72. The molecule has 7 rings (SSSR count). The van der Waals surface area contributed by atoms with Gasteiger partial charge >= 0.3 is 5.97 Å². The first-order chi connectivity index (χ1) is 24.3. The van der Waals surface area contributed by atoms with Crippen LogP contribution >= 0.6 is 0 Å². The van der Waals surface area contributed by atoms with Gasteiger partial charge in [-0.05, 0) is 152 Å². The van der Waals surface area contributed by atoms with Crippen molar-refractivity contribution in [3.8, 4) is 0 Å².